The normalized spacial score (nSPS) is 10.5. The minimum Gasteiger partial charge on any atom is -0.484 e. The summed E-state index contributed by atoms with van der Waals surface area (Å²) >= 11 is 0. The van der Waals surface area contributed by atoms with E-state index in [0.717, 1.165) is 12.1 Å². The number of nitro groups is 3. The highest BCUT2D eigenvalue weighted by atomic mass is 16.6. The van der Waals surface area contributed by atoms with Crippen LogP contribution in [0, 0.1) is 30.3 Å². The molecule has 0 aliphatic heterocycles. The van der Waals surface area contributed by atoms with Gasteiger partial charge in [-0.2, -0.15) is 5.10 Å². The second-order valence-corrected chi connectivity index (χ2v) is 6.80. The number of nitrogens with one attached hydrogen (secondary N) is 2. The fraction of sp³-hybridized carbons (Fsp3) is 0.0476. The van der Waals surface area contributed by atoms with Crippen LogP contribution in [0.25, 0.3) is 0 Å². The predicted octanol–water partition coefficient (Wildman–Crippen LogP) is 3.87. The van der Waals surface area contributed by atoms with E-state index in [1.165, 1.54) is 36.5 Å². The Bertz CT molecular complexity index is 1310. The van der Waals surface area contributed by atoms with Gasteiger partial charge in [-0.3, -0.25) is 40.6 Å². The van der Waals surface area contributed by atoms with Gasteiger partial charge < -0.3 is 10.1 Å². The van der Waals surface area contributed by atoms with Gasteiger partial charge in [0.05, 0.1) is 27.1 Å². The molecule has 0 aromatic heterocycles. The van der Waals surface area contributed by atoms with Crippen LogP contribution >= 0.6 is 0 Å². The van der Waals surface area contributed by atoms with Crippen molar-refractivity contribution in [3.8, 4) is 5.75 Å². The smallest absolute Gasteiger partial charge is 0.301 e. The molecule has 0 aliphatic rings. The Morgan fingerprint density at radius 3 is 2.23 bits per heavy atom. The first-order valence-electron chi connectivity index (χ1n) is 9.72. The monoisotopic (exact) mass is 480 g/mol. The highest BCUT2D eigenvalue weighted by Gasteiger charge is 2.19. The lowest BCUT2D eigenvalue weighted by Crippen LogP contribution is -2.20. The third-order valence-corrected chi connectivity index (χ3v) is 4.38. The number of nitrogens with zero attached hydrogens (tertiary/aromatic N) is 4. The summed E-state index contributed by atoms with van der Waals surface area (Å²) in [6.07, 6.45) is 1.37. The van der Waals surface area contributed by atoms with Crippen molar-refractivity contribution in [3.63, 3.8) is 0 Å². The Labute approximate surface area is 196 Å². The number of rotatable bonds is 10. The number of nitro benzene ring substituents is 3. The largest absolute Gasteiger partial charge is 0.484 e. The van der Waals surface area contributed by atoms with Crippen LogP contribution in [0.1, 0.15) is 5.56 Å². The quantitative estimate of drug-likeness (QED) is 0.246. The molecule has 1 amide bonds. The van der Waals surface area contributed by atoms with Crippen LogP contribution in [0.2, 0.25) is 0 Å². The van der Waals surface area contributed by atoms with Crippen molar-refractivity contribution in [2.24, 2.45) is 5.10 Å². The van der Waals surface area contributed by atoms with E-state index >= 15 is 0 Å². The molecule has 0 heterocycles. The van der Waals surface area contributed by atoms with Gasteiger partial charge in [0, 0.05) is 23.9 Å². The summed E-state index contributed by atoms with van der Waals surface area (Å²) in [5.41, 5.74) is 2.25. The van der Waals surface area contributed by atoms with Gasteiger partial charge in [0.25, 0.3) is 17.3 Å². The van der Waals surface area contributed by atoms with Crippen molar-refractivity contribution in [3.05, 3.63) is 103 Å². The molecule has 0 saturated heterocycles. The SMILES string of the molecule is O=C(COc1ccc(/C=N\Nc2ccc([N+](=O)[O-])cc2[N+](=O)[O-])cc1)Nc1cccc([N+](=O)[O-])c1. The fourth-order valence-corrected chi connectivity index (χ4v) is 2.75. The van der Waals surface area contributed by atoms with Crippen LogP contribution in [0.5, 0.6) is 5.75 Å². The lowest BCUT2D eigenvalue weighted by molar-refractivity contribution is -0.393. The Morgan fingerprint density at radius 1 is 0.886 bits per heavy atom. The molecule has 2 N–H and O–H groups in total. The molecule has 0 atom stereocenters. The van der Waals surface area contributed by atoms with E-state index in [0.29, 0.717) is 11.3 Å². The van der Waals surface area contributed by atoms with Gasteiger partial charge in [-0.25, -0.2) is 0 Å². The lowest BCUT2D eigenvalue weighted by Gasteiger charge is -2.07. The number of amides is 1. The van der Waals surface area contributed by atoms with Gasteiger partial charge in [0.2, 0.25) is 0 Å². The Kier molecular flexibility index (Phi) is 7.59. The maximum absolute atomic E-state index is 12.0. The maximum atomic E-state index is 12.0. The number of non-ortho nitro benzene ring substituents is 2. The number of anilines is 2. The molecule has 0 spiro atoms. The third kappa shape index (κ3) is 6.79. The number of benzene rings is 3. The van der Waals surface area contributed by atoms with Crippen molar-refractivity contribution in [2.45, 2.75) is 0 Å². The van der Waals surface area contributed by atoms with Crippen molar-refractivity contribution < 1.29 is 24.3 Å². The van der Waals surface area contributed by atoms with Crippen LogP contribution in [-0.2, 0) is 4.79 Å². The summed E-state index contributed by atoms with van der Waals surface area (Å²) in [6.45, 7) is -0.332. The molecular weight excluding hydrogens is 464 g/mol. The van der Waals surface area contributed by atoms with E-state index in [4.69, 9.17) is 4.74 Å². The molecule has 3 aromatic carbocycles. The Balaban J connectivity index is 1.54. The van der Waals surface area contributed by atoms with E-state index < -0.39 is 32.1 Å². The average Bonchev–Trinajstić information content (AvgIpc) is 2.83. The third-order valence-electron chi connectivity index (χ3n) is 4.38. The van der Waals surface area contributed by atoms with E-state index in [1.807, 2.05) is 0 Å². The molecule has 0 unspecified atom stereocenters. The zero-order valence-electron chi connectivity index (χ0n) is 17.7. The van der Waals surface area contributed by atoms with Gasteiger partial charge >= 0.3 is 5.69 Å². The minimum atomic E-state index is -0.758. The highest BCUT2D eigenvalue weighted by molar-refractivity contribution is 5.92. The summed E-state index contributed by atoms with van der Waals surface area (Å²) in [5, 5.41) is 39.1. The van der Waals surface area contributed by atoms with Crippen LogP contribution in [-0.4, -0.2) is 33.5 Å². The van der Waals surface area contributed by atoms with Crippen LogP contribution in [0.4, 0.5) is 28.4 Å². The number of hydrogen-bond donors (Lipinski definition) is 2. The van der Waals surface area contributed by atoms with Gasteiger partial charge in [-0.15, -0.1) is 0 Å². The summed E-state index contributed by atoms with van der Waals surface area (Å²) in [4.78, 5) is 42.7. The second-order valence-electron chi connectivity index (χ2n) is 6.80. The van der Waals surface area contributed by atoms with E-state index in [-0.39, 0.29) is 23.7 Å². The standard InChI is InChI=1S/C21H16N6O8/c28-21(23-15-2-1-3-16(10-15)25(29)30)13-35-18-7-4-14(5-8-18)12-22-24-19-9-6-17(26(31)32)11-20(19)27(33)34/h1-12,24H,13H2,(H,23,28)/b22-12-. The number of ether oxygens (including phenoxy) is 1. The first-order chi connectivity index (χ1) is 16.7. The number of carbonyl (C=O) groups is 1. The second kappa shape index (κ2) is 11.0. The first kappa shape index (κ1) is 24.2. The zero-order chi connectivity index (χ0) is 25.4. The van der Waals surface area contributed by atoms with Crippen molar-refractivity contribution in [1.29, 1.82) is 0 Å². The molecule has 3 aromatic rings. The minimum absolute atomic E-state index is 0.0217. The molecule has 0 aliphatic carbocycles. The molecular formula is C21H16N6O8. The van der Waals surface area contributed by atoms with Gasteiger partial charge in [-0.05, 0) is 42.0 Å². The van der Waals surface area contributed by atoms with Crippen molar-refractivity contribution >= 4 is 40.6 Å². The van der Waals surface area contributed by atoms with Crippen LogP contribution in [0.15, 0.2) is 71.8 Å². The van der Waals surface area contributed by atoms with Crippen LogP contribution < -0.4 is 15.5 Å². The maximum Gasteiger partial charge on any atom is 0.301 e. The summed E-state index contributed by atoms with van der Waals surface area (Å²) in [5.74, 6) is -0.139. The molecule has 0 bridgehead atoms. The van der Waals surface area contributed by atoms with Crippen molar-refractivity contribution in [1.82, 2.24) is 0 Å². The summed E-state index contributed by atoms with van der Waals surface area (Å²) in [7, 11) is 0. The molecule has 14 heteroatoms. The zero-order valence-corrected chi connectivity index (χ0v) is 17.7. The summed E-state index contributed by atoms with van der Waals surface area (Å²) in [6, 6.07) is 15.0. The number of hydrazone groups is 1. The molecule has 35 heavy (non-hydrogen) atoms. The molecule has 178 valence electrons. The summed E-state index contributed by atoms with van der Waals surface area (Å²) < 4.78 is 5.38. The molecule has 3 rings (SSSR count). The van der Waals surface area contributed by atoms with Crippen LogP contribution in [0.3, 0.4) is 0 Å². The molecule has 0 saturated carbocycles. The van der Waals surface area contributed by atoms with E-state index in [9.17, 15) is 35.1 Å². The molecule has 0 fully saturated rings. The van der Waals surface area contributed by atoms with E-state index in [2.05, 4.69) is 15.8 Å². The van der Waals surface area contributed by atoms with Gasteiger partial charge in [0.1, 0.15) is 11.4 Å². The van der Waals surface area contributed by atoms with Gasteiger partial charge in [-0.1, -0.05) is 6.07 Å². The average molecular weight is 480 g/mol. The Hall–Kier alpha value is -5.40. The van der Waals surface area contributed by atoms with Gasteiger partial charge in [0.15, 0.2) is 6.61 Å². The molecule has 0 radical (unpaired) electrons. The Morgan fingerprint density at radius 2 is 1.57 bits per heavy atom. The predicted molar refractivity (Wildman–Crippen MR) is 125 cm³/mol. The topological polar surface area (TPSA) is 192 Å². The number of hydrogen-bond acceptors (Lipinski definition) is 10. The van der Waals surface area contributed by atoms with Crippen molar-refractivity contribution in [2.75, 3.05) is 17.3 Å². The molecule has 14 nitrogen and oxygen atoms in total. The first-order valence-corrected chi connectivity index (χ1v) is 9.72. The number of carbonyl (C=O) groups excluding carboxylic acids is 1. The highest BCUT2D eigenvalue weighted by Crippen LogP contribution is 2.28. The van der Waals surface area contributed by atoms with E-state index in [1.54, 1.807) is 24.3 Å². The fourth-order valence-electron chi connectivity index (χ4n) is 2.75. The lowest BCUT2D eigenvalue weighted by atomic mass is 10.2.